The Morgan fingerprint density at radius 2 is 1.64 bits per heavy atom. The molecule has 0 saturated heterocycles. The minimum atomic E-state index is -4.69. The molecule has 3 aromatic carbocycles. The predicted octanol–water partition coefficient (Wildman–Crippen LogP) is 4.67. The van der Waals surface area contributed by atoms with Gasteiger partial charge in [0, 0.05) is 11.6 Å². The maximum atomic E-state index is 13.2. The minimum Gasteiger partial charge on any atom is -0.321 e. The smallest absolute Gasteiger partial charge is 0.321 e. The van der Waals surface area contributed by atoms with Crippen LogP contribution in [0.2, 0.25) is 0 Å². The monoisotopic (exact) mass is 455 g/mol. The Labute approximate surface area is 183 Å². The number of nitro benzene ring substituents is 1. The Morgan fingerprint density at radius 1 is 0.939 bits per heavy atom. The number of benzene rings is 3. The molecule has 166 valence electrons. The molecule has 0 fully saturated rings. The van der Waals surface area contributed by atoms with E-state index >= 15 is 0 Å². The lowest BCUT2D eigenvalue weighted by Gasteiger charge is -2.16. The third-order valence-corrected chi connectivity index (χ3v) is 4.94. The number of carbonyl (C=O) groups is 3. The third-order valence-electron chi connectivity index (χ3n) is 4.94. The van der Waals surface area contributed by atoms with Gasteiger partial charge in [-0.2, -0.15) is 13.2 Å². The van der Waals surface area contributed by atoms with E-state index in [9.17, 15) is 37.7 Å². The van der Waals surface area contributed by atoms with Gasteiger partial charge in [-0.25, -0.2) is 4.90 Å². The van der Waals surface area contributed by atoms with Gasteiger partial charge in [0.2, 0.25) is 0 Å². The second-order valence-corrected chi connectivity index (χ2v) is 6.95. The fourth-order valence-electron chi connectivity index (χ4n) is 3.47. The lowest BCUT2D eigenvalue weighted by atomic mass is 10.1. The highest BCUT2D eigenvalue weighted by Gasteiger charge is 2.42. The van der Waals surface area contributed by atoms with Gasteiger partial charge in [0.1, 0.15) is 5.56 Å². The molecule has 0 aliphatic carbocycles. The first-order chi connectivity index (χ1) is 15.6. The number of carbonyl (C=O) groups excluding carboxylic acids is 3. The highest BCUT2D eigenvalue weighted by Crippen LogP contribution is 2.36. The topological polar surface area (TPSA) is 110 Å². The van der Waals surface area contributed by atoms with Gasteiger partial charge >= 0.3 is 6.18 Å². The van der Waals surface area contributed by atoms with Crippen molar-refractivity contribution in [3.63, 3.8) is 0 Å². The van der Waals surface area contributed by atoms with Crippen LogP contribution in [-0.2, 0) is 6.18 Å². The van der Waals surface area contributed by atoms with Crippen LogP contribution < -0.4 is 10.2 Å². The average molecular weight is 455 g/mol. The Balaban J connectivity index is 1.67. The molecule has 0 radical (unpaired) electrons. The molecule has 3 aromatic rings. The Morgan fingerprint density at radius 3 is 2.33 bits per heavy atom. The third kappa shape index (κ3) is 3.80. The molecule has 1 N–H and O–H groups in total. The predicted molar refractivity (Wildman–Crippen MR) is 110 cm³/mol. The van der Waals surface area contributed by atoms with Crippen LogP contribution in [0, 0.1) is 10.1 Å². The average Bonchev–Trinajstić information content (AvgIpc) is 3.03. The van der Waals surface area contributed by atoms with Crippen molar-refractivity contribution >= 4 is 34.8 Å². The van der Waals surface area contributed by atoms with Crippen LogP contribution in [0.1, 0.15) is 36.6 Å². The number of nitro groups is 1. The van der Waals surface area contributed by atoms with Crippen molar-refractivity contribution in [1.29, 1.82) is 0 Å². The van der Waals surface area contributed by atoms with E-state index in [-0.39, 0.29) is 22.4 Å². The summed E-state index contributed by atoms with van der Waals surface area (Å²) in [7, 11) is 0. The summed E-state index contributed by atoms with van der Waals surface area (Å²) in [6, 6.07) is 13.1. The molecule has 0 spiro atoms. The van der Waals surface area contributed by atoms with E-state index in [1.165, 1.54) is 42.5 Å². The van der Waals surface area contributed by atoms with E-state index in [2.05, 4.69) is 5.32 Å². The Bertz CT molecular complexity index is 1340. The molecule has 0 aromatic heterocycles. The number of amides is 3. The molecule has 0 unspecified atom stereocenters. The molecule has 4 rings (SSSR count). The van der Waals surface area contributed by atoms with E-state index in [1.807, 2.05) is 0 Å². The number of rotatable bonds is 4. The largest absolute Gasteiger partial charge is 0.418 e. The molecule has 33 heavy (non-hydrogen) atoms. The molecule has 1 aliphatic rings. The highest BCUT2D eigenvalue weighted by atomic mass is 19.4. The van der Waals surface area contributed by atoms with E-state index in [4.69, 9.17) is 0 Å². The quantitative estimate of drug-likeness (QED) is 0.349. The van der Waals surface area contributed by atoms with Crippen LogP contribution in [-0.4, -0.2) is 22.6 Å². The molecule has 1 heterocycles. The standard InChI is InChI=1S/C22H12F3N3O5/c23-22(24,25)15-8-1-2-9-16(15)26-19(29)12-5-3-6-13(11-12)27-20(30)14-7-4-10-17(28(32)33)18(14)21(27)31/h1-11H,(H,26,29). The number of hydrogen-bond donors (Lipinski definition) is 1. The zero-order chi connectivity index (χ0) is 23.9. The van der Waals surface area contributed by atoms with Crippen LogP contribution in [0.4, 0.5) is 30.2 Å². The molecule has 1 aliphatic heterocycles. The Hall–Kier alpha value is -4.54. The van der Waals surface area contributed by atoms with Gasteiger partial charge in [-0.1, -0.05) is 24.3 Å². The summed E-state index contributed by atoms with van der Waals surface area (Å²) in [4.78, 5) is 49.4. The zero-order valence-corrected chi connectivity index (χ0v) is 16.4. The van der Waals surface area contributed by atoms with Crippen molar-refractivity contribution in [2.24, 2.45) is 0 Å². The number of fused-ring (bicyclic) bond motifs is 1. The van der Waals surface area contributed by atoms with Crippen LogP contribution in [0.3, 0.4) is 0 Å². The number of halogens is 3. The molecule has 0 bridgehead atoms. The molecule has 11 heteroatoms. The van der Waals surface area contributed by atoms with Crippen molar-refractivity contribution in [2.45, 2.75) is 6.18 Å². The summed E-state index contributed by atoms with van der Waals surface area (Å²) in [5, 5.41) is 13.4. The van der Waals surface area contributed by atoms with Crippen molar-refractivity contribution in [3.05, 3.63) is 99.1 Å². The molecule has 0 saturated carbocycles. The minimum absolute atomic E-state index is 0.0627. The van der Waals surface area contributed by atoms with Gasteiger partial charge in [0.25, 0.3) is 23.4 Å². The summed E-state index contributed by atoms with van der Waals surface area (Å²) >= 11 is 0. The van der Waals surface area contributed by atoms with Crippen molar-refractivity contribution < 1.29 is 32.5 Å². The van der Waals surface area contributed by atoms with Gasteiger partial charge in [-0.05, 0) is 36.4 Å². The first-order valence-corrected chi connectivity index (χ1v) is 9.33. The van der Waals surface area contributed by atoms with Gasteiger partial charge in [0.15, 0.2) is 0 Å². The van der Waals surface area contributed by atoms with Gasteiger partial charge in [0.05, 0.1) is 27.4 Å². The molecule has 3 amide bonds. The van der Waals surface area contributed by atoms with Gasteiger partial charge in [-0.3, -0.25) is 24.5 Å². The Kier molecular flexibility index (Phi) is 5.16. The summed E-state index contributed by atoms with van der Waals surface area (Å²) in [6.07, 6.45) is -4.69. The van der Waals surface area contributed by atoms with E-state index in [0.717, 1.165) is 24.3 Å². The van der Waals surface area contributed by atoms with Crippen molar-refractivity contribution in [2.75, 3.05) is 10.2 Å². The van der Waals surface area contributed by atoms with Crippen LogP contribution in [0.15, 0.2) is 66.7 Å². The van der Waals surface area contributed by atoms with Crippen LogP contribution in [0.5, 0.6) is 0 Å². The molecular weight excluding hydrogens is 443 g/mol. The van der Waals surface area contributed by atoms with Crippen molar-refractivity contribution in [3.8, 4) is 0 Å². The van der Waals surface area contributed by atoms with Crippen molar-refractivity contribution in [1.82, 2.24) is 0 Å². The lowest BCUT2D eigenvalue weighted by Crippen LogP contribution is -2.29. The number of para-hydroxylation sites is 1. The summed E-state index contributed by atoms with van der Waals surface area (Å²) in [6.45, 7) is 0. The number of alkyl halides is 3. The second-order valence-electron chi connectivity index (χ2n) is 6.95. The summed E-state index contributed by atoms with van der Waals surface area (Å²) in [5.41, 5.74) is -2.77. The van der Waals surface area contributed by atoms with Gasteiger partial charge in [-0.15, -0.1) is 0 Å². The number of imide groups is 1. The second kappa shape index (κ2) is 7.86. The maximum absolute atomic E-state index is 13.2. The maximum Gasteiger partial charge on any atom is 0.418 e. The van der Waals surface area contributed by atoms with E-state index in [1.54, 1.807) is 0 Å². The SMILES string of the molecule is O=C(Nc1ccccc1C(F)(F)F)c1cccc(N2C(=O)c3cccc([N+](=O)[O-])c3C2=O)c1. The zero-order valence-electron chi connectivity index (χ0n) is 16.4. The molecular formula is C22H12F3N3O5. The van der Waals surface area contributed by atoms with Crippen LogP contribution >= 0.6 is 0 Å². The van der Waals surface area contributed by atoms with E-state index < -0.39 is 45.8 Å². The normalized spacial score (nSPS) is 13.1. The fraction of sp³-hybridized carbons (Fsp3) is 0.0455. The number of nitrogens with zero attached hydrogens (tertiary/aromatic N) is 2. The number of anilines is 2. The number of nitrogens with one attached hydrogen (secondary N) is 1. The number of hydrogen-bond acceptors (Lipinski definition) is 5. The molecule has 0 atom stereocenters. The molecule has 8 nitrogen and oxygen atoms in total. The van der Waals surface area contributed by atoms with Crippen LogP contribution in [0.25, 0.3) is 0 Å². The summed E-state index contributed by atoms with van der Waals surface area (Å²) < 4.78 is 39.6. The first-order valence-electron chi connectivity index (χ1n) is 9.33. The van der Waals surface area contributed by atoms with E-state index in [0.29, 0.717) is 4.90 Å². The lowest BCUT2D eigenvalue weighted by molar-refractivity contribution is -0.385. The van der Waals surface area contributed by atoms with Gasteiger partial charge < -0.3 is 5.32 Å². The first kappa shape index (κ1) is 21.7. The highest BCUT2D eigenvalue weighted by molar-refractivity contribution is 6.35. The summed E-state index contributed by atoms with van der Waals surface area (Å²) in [5.74, 6) is -2.67. The fourth-order valence-corrected chi connectivity index (χ4v) is 3.47.